The van der Waals surface area contributed by atoms with Crippen LogP contribution in [-0.4, -0.2) is 10.2 Å². The highest BCUT2D eigenvalue weighted by Crippen LogP contribution is 2.36. The van der Waals surface area contributed by atoms with Crippen molar-refractivity contribution < 1.29 is 9.21 Å². The second kappa shape index (κ2) is 7.19. The van der Waals surface area contributed by atoms with Crippen LogP contribution in [0.2, 0.25) is 0 Å². The van der Waals surface area contributed by atoms with Crippen molar-refractivity contribution in [2.75, 3.05) is 10.2 Å². The maximum Gasteiger partial charge on any atom is 0.270 e. The molecule has 1 aliphatic rings. The van der Waals surface area contributed by atoms with Gasteiger partial charge in [-0.25, -0.2) is 0 Å². The predicted molar refractivity (Wildman–Crippen MR) is 111 cm³/mol. The van der Waals surface area contributed by atoms with Gasteiger partial charge in [0.15, 0.2) is 4.32 Å². The second-order valence-electron chi connectivity index (χ2n) is 5.57. The first kappa shape index (κ1) is 16.6. The SMILES string of the molecule is O=C1/C(=C/c2ccco2)SC(=S)N1c1ccc(Nc2ccccc2)cc1. The molecule has 3 aromatic rings. The summed E-state index contributed by atoms with van der Waals surface area (Å²) in [7, 11) is 0. The van der Waals surface area contributed by atoms with Gasteiger partial charge < -0.3 is 9.73 Å². The molecular formula is C20H14N2O2S2. The molecule has 2 aromatic carbocycles. The molecule has 0 unspecified atom stereocenters. The summed E-state index contributed by atoms with van der Waals surface area (Å²) in [6.45, 7) is 0. The molecule has 0 radical (unpaired) electrons. The summed E-state index contributed by atoms with van der Waals surface area (Å²) in [5, 5.41) is 3.32. The molecule has 1 amide bonds. The quantitative estimate of drug-likeness (QED) is 0.484. The fourth-order valence-electron chi connectivity index (χ4n) is 2.57. The van der Waals surface area contributed by atoms with Crippen LogP contribution in [0.1, 0.15) is 5.76 Å². The molecule has 4 nitrogen and oxygen atoms in total. The Morgan fingerprint density at radius 2 is 1.69 bits per heavy atom. The van der Waals surface area contributed by atoms with Gasteiger partial charge in [-0.05, 0) is 48.5 Å². The van der Waals surface area contributed by atoms with E-state index in [-0.39, 0.29) is 5.91 Å². The van der Waals surface area contributed by atoms with Gasteiger partial charge in [-0.1, -0.05) is 42.2 Å². The summed E-state index contributed by atoms with van der Waals surface area (Å²) in [4.78, 5) is 14.8. The van der Waals surface area contributed by atoms with Crippen LogP contribution < -0.4 is 10.2 Å². The number of thioether (sulfide) groups is 1. The molecule has 1 N–H and O–H groups in total. The van der Waals surface area contributed by atoms with Crippen molar-refractivity contribution in [2.45, 2.75) is 0 Å². The zero-order valence-electron chi connectivity index (χ0n) is 13.6. The number of benzene rings is 2. The zero-order valence-corrected chi connectivity index (χ0v) is 15.2. The van der Waals surface area contributed by atoms with E-state index in [1.807, 2.05) is 54.6 Å². The molecule has 1 fully saturated rings. The zero-order chi connectivity index (χ0) is 17.9. The van der Waals surface area contributed by atoms with Crippen molar-refractivity contribution in [2.24, 2.45) is 0 Å². The van der Waals surface area contributed by atoms with Crippen LogP contribution in [0, 0.1) is 0 Å². The maximum absolute atomic E-state index is 12.7. The Bertz CT molecular complexity index is 965. The first-order chi connectivity index (χ1) is 12.7. The van der Waals surface area contributed by atoms with E-state index >= 15 is 0 Å². The van der Waals surface area contributed by atoms with Crippen molar-refractivity contribution in [3.63, 3.8) is 0 Å². The van der Waals surface area contributed by atoms with Crippen molar-refractivity contribution in [1.29, 1.82) is 0 Å². The normalized spacial score (nSPS) is 15.7. The molecule has 0 aliphatic carbocycles. The number of para-hydroxylation sites is 1. The monoisotopic (exact) mass is 378 g/mol. The summed E-state index contributed by atoms with van der Waals surface area (Å²) < 4.78 is 5.79. The van der Waals surface area contributed by atoms with E-state index in [0.29, 0.717) is 15.0 Å². The third kappa shape index (κ3) is 3.42. The highest BCUT2D eigenvalue weighted by atomic mass is 32.2. The first-order valence-corrected chi connectivity index (χ1v) is 9.17. The van der Waals surface area contributed by atoms with Crippen LogP contribution in [0.5, 0.6) is 0 Å². The second-order valence-corrected chi connectivity index (χ2v) is 7.25. The third-order valence-electron chi connectivity index (χ3n) is 3.80. The molecule has 0 saturated carbocycles. The number of hydrogen-bond donors (Lipinski definition) is 1. The average molecular weight is 378 g/mol. The lowest BCUT2D eigenvalue weighted by Crippen LogP contribution is -2.27. The summed E-state index contributed by atoms with van der Waals surface area (Å²) in [5.74, 6) is 0.494. The Kier molecular flexibility index (Phi) is 4.60. The molecule has 1 saturated heterocycles. The lowest BCUT2D eigenvalue weighted by atomic mass is 10.2. The maximum atomic E-state index is 12.7. The van der Waals surface area contributed by atoms with Gasteiger partial charge in [0.2, 0.25) is 0 Å². The van der Waals surface area contributed by atoms with Crippen LogP contribution in [0.3, 0.4) is 0 Å². The summed E-state index contributed by atoms with van der Waals surface area (Å²) in [6, 6.07) is 21.1. The first-order valence-electron chi connectivity index (χ1n) is 7.94. The number of hydrogen-bond acceptors (Lipinski definition) is 5. The Morgan fingerprint density at radius 3 is 2.38 bits per heavy atom. The van der Waals surface area contributed by atoms with Crippen LogP contribution in [0.25, 0.3) is 6.08 Å². The van der Waals surface area contributed by atoms with Gasteiger partial charge >= 0.3 is 0 Å². The molecule has 4 rings (SSSR count). The summed E-state index contributed by atoms with van der Waals surface area (Å²) in [6.07, 6.45) is 3.29. The molecule has 26 heavy (non-hydrogen) atoms. The van der Waals surface area contributed by atoms with Gasteiger partial charge in [0.25, 0.3) is 5.91 Å². The lowest BCUT2D eigenvalue weighted by Gasteiger charge is -2.15. The van der Waals surface area contributed by atoms with E-state index in [2.05, 4.69) is 5.32 Å². The molecule has 0 bridgehead atoms. The third-order valence-corrected chi connectivity index (χ3v) is 5.10. The van der Waals surface area contributed by atoms with E-state index in [9.17, 15) is 4.79 Å². The van der Waals surface area contributed by atoms with Crippen LogP contribution in [-0.2, 0) is 4.79 Å². The number of nitrogens with one attached hydrogen (secondary N) is 1. The van der Waals surface area contributed by atoms with Gasteiger partial charge in [-0.3, -0.25) is 9.69 Å². The summed E-state index contributed by atoms with van der Waals surface area (Å²) in [5.41, 5.74) is 2.69. The van der Waals surface area contributed by atoms with Gasteiger partial charge in [0.05, 0.1) is 16.9 Å². The number of thiocarbonyl (C=S) groups is 1. The molecule has 128 valence electrons. The molecule has 0 atom stereocenters. The number of anilines is 3. The molecule has 0 spiro atoms. The van der Waals surface area contributed by atoms with E-state index in [4.69, 9.17) is 16.6 Å². The minimum absolute atomic E-state index is 0.139. The number of nitrogens with zero attached hydrogens (tertiary/aromatic N) is 1. The fourth-order valence-corrected chi connectivity index (χ4v) is 3.85. The minimum Gasteiger partial charge on any atom is -0.465 e. The van der Waals surface area contributed by atoms with Gasteiger partial charge in [-0.15, -0.1) is 0 Å². The Morgan fingerprint density at radius 1 is 0.962 bits per heavy atom. The van der Waals surface area contributed by atoms with Crippen molar-refractivity contribution in [1.82, 2.24) is 0 Å². The largest absolute Gasteiger partial charge is 0.465 e. The predicted octanol–water partition coefficient (Wildman–Crippen LogP) is 5.43. The summed E-state index contributed by atoms with van der Waals surface area (Å²) >= 11 is 6.67. The number of rotatable bonds is 4. The number of carbonyl (C=O) groups excluding carboxylic acids is 1. The average Bonchev–Trinajstić information content (AvgIpc) is 3.26. The van der Waals surface area contributed by atoms with Crippen LogP contribution in [0.4, 0.5) is 17.1 Å². The topological polar surface area (TPSA) is 45.5 Å². The van der Waals surface area contributed by atoms with E-state index < -0.39 is 0 Å². The highest BCUT2D eigenvalue weighted by Gasteiger charge is 2.33. The Labute approximate surface area is 160 Å². The highest BCUT2D eigenvalue weighted by molar-refractivity contribution is 8.27. The lowest BCUT2D eigenvalue weighted by molar-refractivity contribution is -0.113. The number of amides is 1. The fraction of sp³-hybridized carbons (Fsp3) is 0. The Balaban J connectivity index is 1.54. The number of carbonyl (C=O) groups is 1. The van der Waals surface area contributed by atoms with Crippen molar-refractivity contribution in [3.8, 4) is 0 Å². The minimum atomic E-state index is -0.139. The van der Waals surface area contributed by atoms with Gasteiger partial charge in [-0.2, -0.15) is 0 Å². The Hall–Kier alpha value is -2.83. The van der Waals surface area contributed by atoms with Crippen LogP contribution in [0.15, 0.2) is 82.3 Å². The van der Waals surface area contributed by atoms with E-state index in [0.717, 1.165) is 17.1 Å². The standard InChI is InChI=1S/C20H14N2O2S2/c23-19-18(13-17-7-4-12-24-17)26-20(25)22(19)16-10-8-15(9-11-16)21-14-5-2-1-3-6-14/h1-13,21H/b18-13-. The van der Waals surface area contributed by atoms with Crippen LogP contribution >= 0.6 is 24.0 Å². The van der Waals surface area contributed by atoms with Crippen molar-refractivity contribution in [3.05, 3.63) is 83.7 Å². The molecule has 2 heterocycles. The molecule has 1 aliphatic heterocycles. The van der Waals surface area contributed by atoms with Crippen molar-refractivity contribution >= 4 is 57.3 Å². The number of furan rings is 1. The molecular weight excluding hydrogens is 364 g/mol. The molecule has 1 aromatic heterocycles. The molecule has 6 heteroatoms. The van der Waals surface area contributed by atoms with E-state index in [1.165, 1.54) is 11.8 Å². The smallest absolute Gasteiger partial charge is 0.270 e. The van der Waals surface area contributed by atoms with E-state index in [1.54, 1.807) is 29.4 Å². The van der Waals surface area contributed by atoms with Gasteiger partial charge in [0.1, 0.15) is 5.76 Å². The van der Waals surface area contributed by atoms with Gasteiger partial charge in [0, 0.05) is 17.5 Å².